The molecule has 1 atom stereocenters. The minimum Gasteiger partial charge on any atom is -0.395 e. The van der Waals surface area contributed by atoms with Gasteiger partial charge in [-0.15, -0.1) is 0 Å². The SMILES string of the molecule is Cc1cc(C)cc(N(C(=O)c2snc(C(N)=O)c2N)[C@H](C(=O)NC2CCCCC2)c2ccc(F)cc2)c1. The van der Waals surface area contributed by atoms with E-state index in [-0.39, 0.29) is 28.2 Å². The Morgan fingerprint density at radius 1 is 1.05 bits per heavy atom. The molecule has 194 valence electrons. The fraction of sp³-hybridized carbons (Fsp3) is 0.333. The average Bonchev–Trinajstić information content (AvgIpc) is 3.24. The zero-order valence-corrected chi connectivity index (χ0v) is 21.6. The molecule has 0 aliphatic heterocycles. The van der Waals surface area contributed by atoms with Crippen LogP contribution in [0.25, 0.3) is 0 Å². The second kappa shape index (κ2) is 11.1. The summed E-state index contributed by atoms with van der Waals surface area (Å²) in [6.07, 6.45) is 4.85. The van der Waals surface area contributed by atoms with Gasteiger partial charge in [0.15, 0.2) is 5.69 Å². The molecule has 37 heavy (non-hydrogen) atoms. The molecule has 3 amide bonds. The third kappa shape index (κ3) is 5.80. The van der Waals surface area contributed by atoms with Crippen LogP contribution in [0.4, 0.5) is 15.8 Å². The molecule has 0 radical (unpaired) electrons. The zero-order valence-electron chi connectivity index (χ0n) is 20.8. The van der Waals surface area contributed by atoms with Gasteiger partial charge in [-0.05, 0) is 79.2 Å². The summed E-state index contributed by atoms with van der Waals surface area (Å²) in [6.45, 7) is 3.78. The standard InChI is InChI=1S/C27H30FN5O3S/c1-15-12-16(2)14-20(13-15)33(27(36)24-21(29)22(25(30)34)32-37-24)23(17-8-10-18(28)11-9-17)26(35)31-19-6-4-3-5-7-19/h8-14,19,23H,3-7,29H2,1-2H3,(H2,30,34)(H,31,35)/t23-/m0/s1. The first kappa shape index (κ1) is 26.3. The molecule has 2 aromatic carbocycles. The molecular weight excluding hydrogens is 493 g/mol. The lowest BCUT2D eigenvalue weighted by atomic mass is 9.94. The van der Waals surface area contributed by atoms with Gasteiger partial charge in [-0.1, -0.05) is 37.5 Å². The summed E-state index contributed by atoms with van der Waals surface area (Å²) < 4.78 is 17.8. The fourth-order valence-electron chi connectivity index (χ4n) is 4.80. The van der Waals surface area contributed by atoms with E-state index >= 15 is 0 Å². The molecule has 0 saturated heterocycles. The van der Waals surface area contributed by atoms with Gasteiger partial charge in [-0.25, -0.2) is 4.39 Å². The first-order chi connectivity index (χ1) is 17.7. The largest absolute Gasteiger partial charge is 0.395 e. The molecule has 8 nitrogen and oxygen atoms in total. The van der Waals surface area contributed by atoms with Crippen LogP contribution in [0, 0.1) is 19.7 Å². The molecule has 0 unspecified atom stereocenters. The molecule has 5 N–H and O–H groups in total. The van der Waals surface area contributed by atoms with E-state index in [1.54, 1.807) is 12.1 Å². The Labute approximate surface area is 219 Å². The Bertz CT molecular complexity index is 1300. The topological polar surface area (TPSA) is 131 Å². The molecule has 0 spiro atoms. The van der Waals surface area contributed by atoms with E-state index in [9.17, 15) is 18.8 Å². The summed E-state index contributed by atoms with van der Waals surface area (Å²) in [4.78, 5) is 41.1. The number of nitrogens with zero attached hydrogens (tertiary/aromatic N) is 2. The summed E-state index contributed by atoms with van der Waals surface area (Å²) in [7, 11) is 0. The van der Waals surface area contributed by atoms with Crippen LogP contribution >= 0.6 is 11.5 Å². The maximum atomic E-state index is 14.1. The van der Waals surface area contributed by atoms with Gasteiger partial charge in [0.1, 0.15) is 16.7 Å². The van der Waals surface area contributed by atoms with Crippen molar-refractivity contribution in [1.29, 1.82) is 0 Å². The predicted molar refractivity (Wildman–Crippen MR) is 142 cm³/mol. The Balaban J connectivity index is 1.87. The summed E-state index contributed by atoms with van der Waals surface area (Å²) in [5.74, 6) is -2.31. The highest BCUT2D eigenvalue weighted by Crippen LogP contribution is 2.34. The number of carbonyl (C=O) groups excluding carboxylic acids is 3. The van der Waals surface area contributed by atoms with Gasteiger partial charge >= 0.3 is 0 Å². The first-order valence-electron chi connectivity index (χ1n) is 12.2. The number of primary amides is 1. The molecule has 1 fully saturated rings. The van der Waals surface area contributed by atoms with Gasteiger partial charge in [0.25, 0.3) is 11.8 Å². The van der Waals surface area contributed by atoms with Crippen LogP contribution in [0.3, 0.4) is 0 Å². The molecule has 4 rings (SSSR count). The number of nitrogen functional groups attached to an aromatic ring is 1. The molecule has 1 aromatic heterocycles. The summed E-state index contributed by atoms with van der Waals surface area (Å²) in [6, 6.07) is 9.89. The summed E-state index contributed by atoms with van der Waals surface area (Å²) in [5, 5.41) is 3.11. The highest BCUT2D eigenvalue weighted by atomic mass is 32.1. The van der Waals surface area contributed by atoms with Crippen LogP contribution < -0.4 is 21.7 Å². The highest BCUT2D eigenvalue weighted by molar-refractivity contribution is 7.09. The predicted octanol–water partition coefficient (Wildman–Crippen LogP) is 4.42. The van der Waals surface area contributed by atoms with Crippen LogP contribution in [0.5, 0.6) is 0 Å². The van der Waals surface area contributed by atoms with Crippen LogP contribution in [0.15, 0.2) is 42.5 Å². The minimum atomic E-state index is -1.13. The van der Waals surface area contributed by atoms with Crippen LogP contribution in [-0.4, -0.2) is 28.1 Å². The molecule has 10 heteroatoms. The second-order valence-electron chi connectivity index (χ2n) is 9.46. The lowest BCUT2D eigenvalue weighted by Gasteiger charge is -2.33. The number of amides is 3. The highest BCUT2D eigenvalue weighted by Gasteiger charge is 2.37. The molecule has 1 aliphatic carbocycles. The van der Waals surface area contributed by atoms with Crippen LogP contribution in [0.2, 0.25) is 0 Å². The van der Waals surface area contributed by atoms with Gasteiger partial charge < -0.3 is 16.8 Å². The Morgan fingerprint density at radius 3 is 2.24 bits per heavy atom. The summed E-state index contributed by atoms with van der Waals surface area (Å²) in [5.41, 5.74) is 13.8. The monoisotopic (exact) mass is 523 g/mol. The van der Waals surface area contributed by atoms with Crippen molar-refractivity contribution in [2.45, 2.75) is 58.0 Å². The number of halogens is 1. The van der Waals surface area contributed by atoms with Gasteiger partial charge in [-0.2, -0.15) is 4.37 Å². The summed E-state index contributed by atoms with van der Waals surface area (Å²) >= 11 is 0.748. The van der Waals surface area contributed by atoms with Crippen molar-refractivity contribution in [3.63, 3.8) is 0 Å². The number of carbonyl (C=O) groups is 3. The number of nitrogens with two attached hydrogens (primary N) is 2. The number of hydrogen-bond donors (Lipinski definition) is 3. The van der Waals surface area contributed by atoms with Gasteiger partial charge in [-0.3, -0.25) is 19.3 Å². The zero-order chi connectivity index (χ0) is 26.7. The maximum Gasteiger partial charge on any atom is 0.273 e. The number of aromatic nitrogens is 1. The molecule has 1 saturated carbocycles. The maximum absolute atomic E-state index is 14.1. The number of anilines is 2. The lowest BCUT2D eigenvalue weighted by molar-refractivity contribution is -0.123. The Hall–Kier alpha value is -3.79. The van der Waals surface area contributed by atoms with Crippen molar-refractivity contribution in [3.8, 4) is 0 Å². The van der Waals surface area contributed by atoms with Gasteiger partial charge in [0, 0.05) is 11.7 Å². The number of nitrogens with one attached hydrogen (secondary N) is 1. The minimum absolute atomic E-state index is 0.00876. The van der Waals surface area contributed by atoms with E-state index in [0.29, 0.717) is 11.3 Å². The quantitative estimate of drug-likeness (QED) is 0.422. The fourth-order valence-corrected chi connectivity index (χ4v) is 5.54. The van der Waals surface area contributed by atoms with Gasteiger partial charge in [0.05, 0.1) is 5.69 Å². The van der Waals surface area contributed by atoms with Crippen molar-refractivity contribution in [1.82, 2.24) is 9.69 Å². The molecule has 3 aromatic rings. The molecule has 0 bridgehead atoms. The van der Waals surface area contributed by atoms with E-state index in [1.807, 2.05) is 19.9 Å². The smallest absolute Gasteiger partial charge is 0.273 e. The van der Waals surface area contributed by atoms with Crippen LogP contribution in [-0.2, 0) is 4.79 Å². The Morgan fingerprint density at radius 2 is 1.68 bits per heavy atom. The van der Waals surface area contributed by atoms with Crippen molar-refractivity contribution in [2.75, 3.05) is 10.6 Å². The van der Waals surface area contributed by atoms with Crippen molar-refractivity contribution < 1.29 is 18.8 Å². The van der Waals surface area contributed by atoms with E-state index < -0.39 is 23.7 Å². The molecule has 1 heterocycles. The first-order valence-corrected chi connectivity index (χ1v) is 13.0. The normalized spacial score (nSPS) is 14.7. The van der Waals surface area contributed by atoms with Gasteiger partial charge in [0.2, 0.25) is 5.91 Å². The third-order valence-corrected chi connectivity index (χ3v) is 7.35. The Kier molecular flexibility index (Phi) is 7.87. The van der Waals surface area contributed by atoms with Crippen molar-refractivity contribution in [2.24, 2.45) is 5.73 Å². The average molecular weight is 524 g/mol. The van der Waals surface area contributed by atoms with E-state index in [0.717, 1.165) is 54.8 Å². The number of aryl methyl sites for hydroxylation is 2. The van der Waals surface area contributed by atoms with E-state index in [1.165, 1.54) is 29.2 Å². The number of hydrogen-bond acceptors (Lipinski definition) is 6. The van der Waals surface area contributed by atoms with Crippen molar-refractivity contribution in [3.05, 3.63) is 75.5 Å². The molecule has 1 aliphatic rings. The molecular formula is C27H30FN5O3S. The second-order valence-corrected chi connectivity index (χ2v) is 10.2. The lowest BCUT2D eigenvalue weighted by Crippen LogP contribution is -2.47. The number of rotatable bonds is 7. The van der Waals surface area contributed by atoms with E-state index in [4.69, 9.17) is 11.5 Å². The van der Waals surface area contributed by atoms with Crippen LogP contribution in [0.1, 0.15) is 75.0 Å². The third-order valence-electron chi connectivity index (χ3n) is 6.50. The van der Waals surface area contributed by atoms with Crippen molar-refractivity contribution >= 4 is 40.6 Å². The number of benzene rings is 2. The van der Waals surface area contributed by atoms with E-state index in [2.05, 4.69) is 9.69 Å².